The van der Waals surface area contributed by atoms with Crippen LogP contribution in [0, 0.1) is 18.8 Å². The van der Waals surface area contributed by atoms with Gasteiger partial charge in [0.25, 0.3) is 0 Å². The minimum Gasteiger partial charge on any atom is -0.483 e. The van der Waals surface area contributed by atoms with E-state index in [9.17, 15) is 31.4 Å². The molecule has 0 radical (unpaired) electrons. The maximum absolute atomic E-state index is 13.1. The number of aliphatic hydroxyl groups excluding tert-OH is 1. The second-order valence-corrected chi connectivity index (χ2v) is 9.10. The summed E-state index contributed by atoms with van der Waals surface area (Å²) in [6.07, 6.45) is -7.32. The maximum Gasteiger partial charge on any atom is 0.433 e. The SMILES string of the molecule is Cc1nc(NCC(F)(F)F)nc(N[C@@H]2C[C@H](CO)C[C@H]2C)c1C1Cc2cc(C(F)(F)F)ncc2O1. The first kappa shape index (κ1) is 25.3. The van der Waals surface area contributed by atoms with E-state index in [0.29, 0.717) is 23.2 Å². The summed E-state index contributed by atoms with van der Waals surface area (Å²) >= 11 is 0. The summed E-state index contributed by atoms with van der Waals surface area (Å²) in [5.74, 6) is 0.450. The Morgan fingerprint density at radius 2 is 1.89 bits per heavy atom. The highest BCUT2D eigenvalue weighted by molar-refractivity contribution is 5.54. The first-order valence-corrected chi connectivity index (χ1v) is 11.1. The number of aryl methyl sites for hydroxylation is 1. The summed E-state index contributed by atoms with van der Waals surface area (Å²) in [5.41, 5.74) is 0.0650. The van der Waals surface area contributed by atoms with Gasteiger partial charge in [-0.1, -0.05) is 6.92 Å². The molecule has 2 aliphatic rings. The minimum atomic E-state index is -4.60. The maximum atomic E-state index is 13.1. The van der Waals surface area contributed by atoms with Crippen molar-refractivity contribution in [1.82, 2.24) is 15.0 Å². The van der Waals surface area contributed by atoms with Crippen molar-refractivity contribution in [3.63, 3.8) is 0 Å². The van der Waals surface area contributed by atoms with Gasteiger partial charge in [-0.25, -0.2) is 9.97 Å². The van der Waals surface area contributed by atoms with Gasteiger partial charge >= 0.3 is 12.4 Å². The lowest BCUT2D eigenvalue weighted by Crippen LogP contribution is -2.27. The number of alkyl halides is 6. The predicted molar refractivity (Wildman–Crippen MR) is 114 cm³/mol. The summed E-state index contributed by atoms with van der Waals surface area (Å²) in [6.45, 7) is 2.28. The molecular weight excluding hydrogens is 480 g/mol. The third-order valence-corrected chi connectivity index (χ3v) is 6.38. The van der Waals surface area contributed by atoms with Crippen LogP contribution in [-0.4, -0.2) is 45.4 Å². The van der Waals surface area contributed by atoms with E-state index < -0.39 is 30.7 Å². The highest BCUT2D eigenvalue weighted by Crippen LogP contribution is 2.42. The monoisotopic (exact) mass is 505 g/mol. The Kier molecular flexibility index (Phi) is 6.73. The van der Waals surface area contributed by atoms with Crippen molar-refractivity contribution in [2.45, 2.75) is 57.6 Å². The van der Waals surface area contributed by atoms with Gasteiger partial charge in [0.1, 0.15) is 29.9 Å². The highest BCUT2D eigenvalue weighted by atomic mass is 19.4. The lowest BCUT2D eigenvalue weighted by atomic mass is 10.0. The van der Waals surface area contributed by atoms with E-state index in [-0.39, 0.29) is 48.4 Å². The molecule has 0 bridgehead atoms. The van der Waals surface area contributed by atoms with Crippen LogP contribution in [-0.2, 0) is 12.6 Å². The van der Waals surface area contributed by atoms with Gasteiger partial charge < -0.3 is 20.5 Å². The van der Waals surface area contributed by atoms with E-state index in [0.717, 1.165) is 18.7 Å². The number of rotatable bonds is 6. The fraction of sp³-hybridized carbons (Fsp3) is 0.591. The molecule has 192 valence electrons. The van der Waals surface area contributed by atoms with E-state index >= 15 is 0 Å². The van der Waals surface area contributed by atoms with E-state index in [1.807, 2.05) is 6.92 Å². The molecule has 1 unspecified atom stereocenters. The molecule has 3 heterocycles. The quantitative estimate of drug-likeness (QED) is 0.492. The predicted octanol–water partition coefficient (Wildman–Crippen LogP) is 4.67. The fourth-order valence-corrected chi connectivity index (χ4v) is 4.70. The lowest BCUT2D eigenvalue weighted by Gasteiger charge is -2.24. The zero-order chi connectivity index (χ0) is 25.5. The highest BCUT2D eigenvalue weighted by Gasteiger charge is 2.38. The van der Waals surface area contributed by atoms with Crippen LogP contribution in [0.15, 0.2) is 12.3 Å². The number of hydrogen-bond acceptors (Lipinski definition) is 7. The average Bonchev–Trinajstić information content (AvgIpc) is 3.33. The number of ether oxygens (including phenoxy) is 1. The molecule has 1 aliphatic heterocycles. The number of nitrogens with one attached hydrogen (secondary N) is 2. The smallest absolute Gasteiger partial charge is 0.433 e. The number of hydrogen-bond donors (Lipinski definition) is 3. The lowest BCUT2D eigenvalue weighted by molar-refractivity contribution is -0.141. The van der Waals surface area contributed by atoms with Crippen LogP contribution in [0.25, 0.3) is 0 Å². The van der Waals surface area contributed by atoms with Crippen molar-refractivity contribution < 1.29 is 36.2 Å². The van der Waals surface area contributed by atoms with Gasteiger partial charge in [-0.3, -0.25) is 0 Å². The third-order valence-electron chi connectivity index (χ3n) is 6.38. The van der Waals surface area contributed by atoms with Gasteiger partial charge in [0.15, 0.2) is 0 Å². The van der Waals surface area contributed by atoms with Crippen molar-refractivity contribution in [3.8, 4) is 5.75 Å². The number of aromatic nitrogens is 3. The number of nitrogens with zero attached hydrogens (tertiary/aromatic N) is 3. The van der Waals surface area contributed by atoms with Crippen LogP contribution in [0.4, 0.5) is 38.1 Å². The first-order chi connectivity index (χ1) is 16.3. The van der Waals surface area contributed by atoms with Gasteiger partial charge in [0.2, 0.25) is 5.95 Å². The van der Waals surface area contributed by atoms with Crippen LogP contribution in [0.2, 0.25) is 0 Å². The van der Waals surface area contributed by atoms with Crippen LogP contribution in [0.1, 0.15) is 48.4 Å². The molecule has 0 saturated heterocycles. The Morgan fingerprint density at radius 1 is 1.14 bits per heavy atom. The second-order valence-electron chi connectivity index (χ2n) is 9.10. The Bertz CT molecular complexity index is 1080. The Hall–Kier alpha value is -2.83. The summed E-state index contributed by atoms with van der Waals surface area (Å²) < 4.78 is 83.4. The van der Waals surface area contributed by atoms with Gasteiger partial charge in [-0.05, 0) is 37.7 Å². The molecule has 7 nitrogen and oxygen atoms in total. The molecule has 0 amide bonds. The molecule has 2 aromatic rings. The molecule has 1 aliphatic carbocycles. The van der Waals surface area contributed by atoms with E-state index in [1.165, 1.54) is 0 Å². The van der Waals surface area contributed by atoms with E-state index in [2.05, 4.69) is 25.6 Å². The third kappa shape index (κ3) is 5.71. The Balaban J connectivity index is 1.66. The average molecular weight is 505 g/mol. The summed E-state index contributed by atoms with van der Waals surface area (Å²) in [5, 5.41) is 15.0. The second kappa shape index (κ2) is 9.32. The zero-order valence-corrected chi connectivity index (χ0v) is 19.0. The summed E-state index contributed by atoms with van der Waals surface area (Å²) in [4.78, 5) is 11.9. The molecule has 3 N–H and O–H groups in total. The number of aliphatic hydroxyl groups is 1. The standard InChI is InChI=1S/C22H25F6N5O2/c1-10-3-12(8-34)4-14(10)32-19-18(11(2)31-20(33-19)30-9-21(23,24)25)15-5-13-6-17(22(26,27)28)29-7-16(13)35-15/h6-7,10,12,14-15,34H,3-5,8-9H2,1-2H3,(H2,30,31,32,33)/t10-,12-,14-,15?/m1/s1. The van der Waals surface area contributed by atoms with E-state index in [4.69, 9.17) is 4.74 Å². The van der Waals surface area contributed by atoms with Gasteiger partial charge in [0.05, 0.1) is 17.5 Å². The largest absolute Gasteiger partial charge is 0.483 e. The Morgan fingerprint density at radius 3 is 2.51 bits per heavy atom. The van der Waals surface area contributed by atoms with Crippen LogP contribution in [0.3, 0.4) is 0 Å². The van der Waals surface area contributed by atoms with Gasteiger partial charge in [-0.2, -0.15) is 31.3 Å². The Labute approximate surface area is 197 Å². The van der Waals surface area contributed by atoms with Crippen molar-refractivity contribution >= 4 is 11.8 Å². The molecular formula is C22H25F6N5O2. The molecule has 0 spiro atoms. The van der Waals surface area contributed by atoms with Crippen LogP contribution < -0.4 is 15.4 Å². The van der Waals surface area contributed by atoms with Gasteiger partial charge in [-0.15, -0.1) is 0 Å². The molecule has 1 saturated carbocycles. The van der Waals surface area contributed by atoms with Gasteiger partial charge in [0, 0.05) is 24.6 Å². The van der Waals surface area contributed by atoms with Crippen molar-refractivity contribution in [1.29, 1.82) is 0 Å². The van der Waals surface area contributed by atoms with Crippen molar-refractivity contribution in [3.05, 3.63) is 34.8 Å². The first-order valence-electron chi connectivity index (χ1n) is 11.1. The molecule has 0 aromatic carbocycles. The molecule has 13 heteroatoms. The number of pyridine rings is 1. The minimum absolute atomic E-state index is 0.0200. The van der Waals surface area contributed by atoms with Crippen molar-refractivity contribution in [2.75, 3.05) is 23.8 Å². The molecule has 4 atom stereocenters. The summed E-state index contributed by atoms with van der Waals surface area (Å²) in [7, 11) is 0. The molecule has 1 fully saturated rings. The number of halogens is 6. The molecule has 4 rings (SSSR count). The fourth-order valence-electron chi connectivity index (χ4n) is 4.70. The zero-order valence-electron chi connectivity index (χ0n) is 19.0. The van der Waals surface area contributed by atoms with E-state index in [1.54, 1.807) is 6.92 Å². The normalized spacial score (nSPS) is 24.3. The molecule has 35 heavy (non-hydrogen) atoms. The van der Waals surface area contributed by atoms with Crippen LogP contribution in [0.5, 0.6) is 5.75 Å². The number of fused-ring (bicyclic) bond motifs is 1. The topological polar surface area (TPSA) is 92.2 Å². The molecule has 2 aromatic heterocycles. The van der Waals surface area contributed by atoms with Crippen LogP contribution >= 0.6 is 0 Å². The van der Waals surface area contributed by atoms with Crippen molar-refractivity contribution in [2.24, 2.45) is 11.8 Å². The number of anilines is 2. The summed E-state index contributed by atoms with van der Waals surface area (Å²) in [6, 6.07) is 0.820.